The first-order valence-electron chi connectivity index (χ1n) is 17.8. The molecule has 50 heavy (non-hydrogen) atoms. The summed E-state index contributed by atoms with van der Waals surface area (Å²) < 4.78 is 0. The van der Waals surface area contributed by atoms with E-state index in [0.29, 0.717) is 0 Å². The van der Waals surface area contributed by atoms with Crippen LogP contribution in [0, 0.1) is 6.92 Å². The molecule has 0 fully saturated rings. The van der Waals surface area contributed by atoms with Gasteiger partial charge in [-0.15, -0.1) is 0 Å². The first kappa shape index (κ1) is 28.3. The molecule has 4 aliphatic heterocycles. The topological polar surface area (TPSA) is 6.48 Å². The second kappa shape index (κ2) is 9.77. The lowest BCUT2D eigenvalue weighted by Crippen LogP contribution is -2.79. The van der Waals surface area contributed by atoms with Gasteiger partial charge in [0.05, 0.1) is 5.69 Å². The maximum atomic E-state index is 2.75. The molecule has 0 saturated carbocycles. The van der Waals surface area contributed by atoms with Gasteiger partial charge in [0.15, 0.2) is 8.07 Å². The van der Waals surface area contributed by atoms with Crippen molar-refractivity contribution in [3.8, 4) is 11.1 Å². The number of nitrogens with zero attached hydrogens (tertiary/aromatic N) is 2. The number of aryl methyl sites for hydroxylation is 1. The predicted molar refractivity (Wildman–Crippen MR) is 214 cm³/mol. The van der Waals surface area contributed by atoms with Crippen LogP contribution in [0.4, 0.5) is 28.4 Å². The van der Waals surface area contributed by atoms with Gasteiger partial charge in [-0.1, -0.05) is 153 Å². The number of anilines is 5. The van der Waals surface area contributed by atoms with Crippen LogP contribution in [0.2, 0.25) is 0 Å². The number of para-hydroxylation sites is 4. The maximum absolute atomic E-state index is 2.75. The Balaban J connectivity index is 1.32. The summed E-state index contributed by atoms with van der Waals surface area (Å²) in [5, 5.41) is 5.77. The highest BCUT2D eigenvalue weighted by Crippen LogP contribution is 2.54. The lowest BCUT2D eigenvalue weighted by Gasteiger charge is -2.54. The average Bonchev–Trinajstić information content (AvgIpc) is 3.16. The number of fused-ring (bicyclic) bond motifs is 8. The minimum atomic E-state index is -2.74. The minimum absolute atomic E-state index is 0.0289. The molecule has 2 nitrogen and oxygen atoms in total. The standard InChI is InChI=1S/C46H35BN2Si/c1-30-28-34-33-20-14-27-42-44(33)49(39-25-12-13-26-41(39)50(42,31-16-6-4-7-17-31)32-18-8-5-9-19-32)47-37-23-15-22-36-45(37)48(40(29-30)43(34)47)38-24-11-10-21-35(38)46(36,2)3/h4-29H,1-3H3. The van der Waals surface area contributed by atoms with E-state index in [1.165, 1.54) is 87.9 Å². The van der Waals surface area contributed by atoms with Crippen molar-refractivity contribution in [1.82, 2.24) is 0 Å². The van der Waals surface area contributed by atoms with Crippen LogP contribution < -0.4 is 41.4 Å². The van der Waals surface area contributed by atoms with Crippen molar-refractivity contribution in [2.45, 2.75) is 26.2 Å². The number of benzene rings is 7. The molecule has 0 aliphatic carbocycles. The van der Waals surface area contributed by atoms with Crippen LogP contribution in [0.3, 0.4) is 0 Å². The molecule has 0 aromatic heterocycles. The van der Waals surface area contributed by atoms with Gasteiger partial charge in [0.2, 0.25) is 0 Å². The van der Waals surface area contributed by atoms with Gasteiger partial charge in [-0.2, -0.15) is 0 Å². The number of hydrogen-bond acceptors (Lipinski definition) is 2. The molecule has 0 N–H and O–H groups in total. The smallest absolute Gasteiger partial charge is 0.333 e. The zero-order chi connectivity index (χ0) is 33.4. The lowest BCUT2D eigenvalue weighted by molar-refractivity contribution is 0.632. The van der Waals surface area contributed by atoms with Crippen molar-refractivity contribution in [3.05, 3.63) is 174 Å². The fourth-order valence-corrected chi connectivity index (χ4v) is 15.3. The van der Waals surface area contributed by atoms with Crippen molar-refractivity contribution in [1.29, 1.82) is 0 Å². The SMILES string of the molecule is Cc1cc2c3c(c1)N1c4ccccc4C(C)(C)c4cccc(c41)B3N1c3ccccc3[Si](c3ccccc3)(c3ccccc3)c3cccc-2c31. The minimum Gasteiger partial charge on any atom is -0.376 e. The predicted octanol–water partition coefficient (Wildman–Crippen LogP) is 7.03. The second-order valence-electron chi connectivity index (χ2n) is 14.9. The van der Waals surface area contributed by atoms with Crippen LogP contribution in [0.15, 0.2) is 158 Å². The summed E-state index contributed by atoms with van der Waals surface area (Å²) in [5.74, 6) is 0. The van der Waals surface area contributed by atoms with E-state index in [1.54, 1.807) is 0 Å². The van der Waals surface area contributed by atoms with Crippen LogP contribution >= 0.6 is 0 Å². The van der Waals surface area contributed by atoms with Gasteiger partial charge in [0, 0.05) is 33.7 Å². The van der Waals surface area contributed by atoms with Gasteiger partial charge in [-0.3, -0.25) is 0 Å². The summed E-state index contributed by atoms with van der Waals surface area (Å²) in [6.07, 6.45) is 0. The zero-order valence-electron chi connectivity index (χ0n) is 28.5. The average molecular weight is 655 g/mol. The molecule has 0 amide bonds. The van der Waals surface area contributed by atoms with Crippen LogP contribution in [-0.4, -0.2) is 14.9 Å². The number of rotatable bonds is 2. The van der Waals surface area contributed by atoms with Gasteiger partial charge >= 0.3 is 6.85 Å². The highest BCUT2D eigenvalue weighted by atomic mass is 28.3. The Morgan fingerprint density at radius 1 is 0.520 bits per heavy atom. The monoisotopic (exact) mass is 654 g/mol. The fourth-order valence-electron chi connectivity index (χ4n) is 10.2. The van der Waals surface area contributed by atoms with E-state index in [-0.39, 0.29) is 12.3 Å². The maximum Gasteiger partial charge on any atom is 0.333 e. The summed E-state index contributed by atoms with van der Waals surface area (Å²) in [7, 11) is -2.74. The van der Waals surface area contributed by atoms with Crippen molar-refractivity contribution < 1.29 is 0 Å². The van der Waals surface area contributed by atoms with E-state index in [0.717, 1.165) is 0 Å². The molecule has 236 valence electrons. The molecule has 4 heterocycles. The Kier molecular flexibility index (Phi) is 5.53. The van der Waals surface area contributed by atoms with Crippen molar-refractivity contribution >= 4 is 75.0 Å². The van der Waals surface area contributed by atoms with Gasteiger partial charge in [-0.25, -0.2) is 0 Å². The van der Waals surface area contributed by atoms with Crippen molar-refractivity contribution in [2.24, 2.45) is 0 Å². The van der Waals surface area contributed by atoms with E-state index in [1.807, 2.05) is 0 Å². The van der Waals surface area contributed by atoms with Gasteiger partial charge in [0.1, 0.15) is 0 Å². The molecule has 0 bridgehead atoms. The van der Waals surface area contributed by atoms with Crippen molar-refractivity contribution in [3.63, 3.8) is 0 Å². The zero-order valence-corrected chi connectivity index (χ0v) is 29.5. The largest absolute Gasteiger partial charge is 0.376 e. The molecule has 7 aromatic rings. The molecule has 0 atom stereocenters. The highest BCUT2D eigenvalue weighted by Gasteiger charge is 2.55. The fraction of sp³-hybridized carbons (Fsp3) is 0.0870. The van der Waals surface area contributed by atoms with Crippen molar-refractivity contribution in [2.75, 3.05) is 9.71 Å². The van der Waals surface area contributed by atoms with E-state index < -0.39 is 8.07 Å². The molecular weight excluding hydrogens is 619 g/mol. The molecule has 11 rings (SSSR count). The quantitative estimate of drug-likeness (QED) is 0.185. The summed E-state index contributed by atoms with van der Waals surface area (Å²) in [5.41, 5.74) is 16.1. The second-order valence-corrected chi connectivity index (χ2v) is 18.7. The normalized spacial score (nSPS) is 16.1. The van der Waals surface area contributed by atoms with Gasteiger partial charge in [-0.05, 0) is 79.0 Å². The third-order valence-corrected chi connectivity index (χ3v) is 16.9. The molecular formula is C46H35BN2Si. The third kappa shape index (κ3) is 3.30. The Labute approximate surface area is 295 Å². The Morgan fingerprint density at radius 3 is 1.90 bits per heavy atom. The molecule has 0 spiro atoms. The molecule has 0 saturated heterocycles. The number of hydrogen-bond donors (Lipinski definition) is 0. The van der Waals surface area contributed by atoms with Gasteiger partial charge < -0.3 is 9.71 Å². The Morgan fingerprint density at radius 2 is 1.14 bits per heavy atom. The molecule has 0 radical (unpaired) electrons. The molecule has 7 aromatic carbocycles. The first-order chi connectivity index (χ1) is 24.5. The summed E-state index contributed by atoms with van der Waals surface area (Å²) >= 11 is 0. The Hall–Kier alpha value is -5.58. The van der Waals surface area contributed by atoms with E-state index in [9.17, 15) is 0 Å². The lowest BCUT2D eigenvalue weighted by atomic mass is 9.42. The summed E-state index contributed by atoms with van der Waals surface area (Å²) in [4.78, 5) is 5.35. The summed E-state index contributed by atoms with van der Waals surface area (Å²) in [6, 6.07) is 60.4. The third-order valence-electron chi connectivity index (χ3n) is 12.1. The highest BCUT2D eigenvalue weighted by molar-refractivity contribution is 7.22. The van der Waals surface area contributed by atoms with Crippen LogP contribution in [-0.2, 0) is 5.41 Å². The molecule has 4 heteroatoms. The van der Waals surface area contributed by atoms with E-state index in [4.69, 9.17) is 0 Å². The molecule has 4 aliphatic rings. The van der Waals surface area contributed by atoms with E-state index in [2.05, 4.69) is 188 Å². The van der Waals surface area contributed by atoms with Crippen LogP contribution in [0.25, 0.3) is 11.1 Å². The van der Waals surface area contributed by atoms with E-state index >= 15 is 0 Å². The van der Waals surface area contributed by atoms with Crippen LogP contribution in [0.1, 0.15) is 30.5 Å². The first-order valence-corrected chi connectivity index (χ1v) is 19.8. The Bertz CT molecular complexity index is 2520. The summed E-state index contributed by atoms with van der Waals surface area (Å²) in [6.45, 7) is 7.11. The van der Waals surface area contributed by atoms with Crippen LogP contribution in [0.5, 0.6) is 0 Å². The molecule has 0 unspecified atom stereocenters. The van der Waals surface area contributed by atoms with Gasteiger partial charge in [0.25, 0.3) is 0 Å².